The van der Waals surface area contributed by atoms with Gasteiger partial charge in [-0.15, -0.1) is 11.8 Å². The molecule has 43 heavy (non-hydrogen) atoms. The Hall–Kier alpha value is -5.33. The first kappa shape index (κ1) is 25.4. The number of para-hydroxylation sites is 1. The average Bonchev–Trinajstić information content (AvgIpc) is 3.49. The summed E-state index contributed by atoms with van der Waals surface area (Å²) in [5.74, 6) is 3.69. The van der Waals surface area contributed by atoms with Crippen LogP contribution < -0.4 is 0 Å². The lowest BCUT2D eigenvalue weighted by Crippen LogP contribution is -2.11. The molecule has 0 saturated heterocycles. The molecule has 1 aliphatic rings. The maximum atomic E-state index is 5.25. The molecule has 0 fully saturated rings. The molecule has 6 heteroatoms. The number of aromatic nitrogens is 5. The van der Waals surface area contributed by atoms with Gasteiger partial charge in [0.05, 0.1) is 22.8 Å². The van der Waals surface area contributed by atoms with Crippen molar-refractivity contribution < 1.29 is 0 Å². The number of fused-ring (bicyclic) bond motifs is 3. The molecule has 0 radical (unpaired) electrons. The van der Waals surface area contributed by atoms with E-state index in [1.54, 1.807) is 11.8 Å². The fourth-order valence-electron chi connectivity index (χ4n) is 5.59. The van der Waals surface area contributed by atoms with Crippen molar-refractivity contribution in [2.45, 2.75) is 10.6 Å². The second kappa shape index (κ2) is 10.8. The minimum atomic E-state index is 0.631. The van der Waals surface area contributed by atoms with E-state index in [2.05, 4.69) is 77.4 Å². The summed E-state index contributed by atoms with van der Waals surface area (Å²) in [6, 6.07) is 47.6. The quantitative estimate of drug-likeness (QED) is 0.206. The standard InChI is InChI=1S/C37H25N5S/c1-5-14-25(15-6-1)32-33(26-16-7-2-8-17-26)42-31(38-32)24-43-30-23-13-22-29(34(30)42)37-40-35(27-18-9-3-10-19-27)39-36(41-37)28-20-11-4-12-21-28/h1-23H,24H2. The molecule has 0 saturated carbocycles. The number of rotatable bonds is 5. The Morgan fingerprint density at radius 3 is 1.56 bits per heavy atom. The van der Waals surface area contributed by atoms with Gasteiger partial charge >= 0.3 is 0 Å². The highest BCUT2D eigenvalue weighted by Gasteiger charge is 2.29. The van der Waals surface area contributed by atoms with E-state index >= 15 is 0 Å². The maximum Gasteiger partial charge on any atom is 0.166 e. The highest BCUT2D eigenvalue weighted by molar-refractivity contribution is 7.98. The first-order valence-corrected chi connectivity index (χ1v) is 15.2. The Kier molecular flexibility index (Phi) is 6.39. The van der Waals surface area contributed by atoms with Crippen molar-refractivity contribution in [3.8, 4) is 62.4 Å². The highest BCUT2D eigenvalue weighted by atomic mass is 32.2. The van der Waals surface area contributed by atoms with Crippen LogP contribution in [0.1, 0.15) is 5.82 Å². The van der Waals surface area contributed by atoms with E-state index in [0.29, 0.717) is 17.5 Å². The lowest BCUT2D eigenvalue weighted by molar-refractivity contribution is 0.925. The summed E-state index contributed by atoms with van der Waals surface area (Å²) in [5, 5.41) is 0. The second-order valence-corrected chi connectivity index (χ2v) is 11.3. The van der Waals surface area contributed by atoms with Crippen LogP contribution in [0.15, 0.2) is 144 Å². The summed E-state index contributed by atoms with van der Waals surface area (Å²) in [5.41, 5.74) is 8.11. The van der Waals surface area contributed by atoms with Gasteiger partial charge in [0.1, 0.15) is 5.82 Å². The van der Waals surface area contributed by atoms with Crippen molar-refractivity contribution in [1.82, 2.24) is 24.5 Å². The molecule has 0 atom stereocenters. The van der Waals surface area contributed by atoms with Gasteiger partial charge < -0.3 is 0 Å². The third kappa shape index (κ3) is 4.62. The van der Waals surface area contributed by atoms with Gasteiger partial charge in [0.15, 0.2) is 17.5 Å². The van der Waals surface area contributed by atoms with Crippen molar-refractivity contribution in [2.24, 2.45) is 0 Å². The molecule has 5 aromatic carbocycles. The zero-order chi connectivity index (χ0) is 28.6. The Morgan fingerprint density at radius 1 is 0.465 bits per heavy atom. The van der Waals surface area contributed by atoms with Crippen LogP contribution in [-0.2, 0) is 5.75 Å². The van der Waals surface area contributed by atoms with Crippen LogP contribution in [0.25, 0.3) is 62.4 Å². The van der Waals surface area contributed by atoms with Gasteiger partial charge in [-0.3, -0.25) is 4.57 Å². The molecular weight excluding hydrogens is 547 g/mol. The molecule has 7 aromatic rings. The number of nitrogens with zero attached hydrogens (tertiary/aromatic N) is 5. The SMILES string of the molecule is c1ccc(-c2nc(-c3ccccc3)nc(-c3cccc4c3-n3c(nc(-c5ccccc5)c3-c3ccccc3)CS4)n2)cc1. The third-order valence-electron chi connectivity index (χ3n) is 7.56. The smallest absolute Gasteiger partial charge is 0.166 e. The van der Waals surface area contributed by atoms with Crippen LogP contribution in [0.5, 0.6) is 0 Å². The lowest BCUT2D eigenvalue weighted by atomic mass is 10.0. The third-order valence-corrected chi connectivity index (χ3v) is 8.60. The summed E-state index contributed by atoms with van der Waals surface area (Å²) < 4.78 is 2.33. The van der Waals surface area contributed by atoms with E-state index < -0.39 is 0 Å². The molecule has 5 nitrogen and oxygen atoms in total. The van der Waals surface area contributed by atoms with Gasteiger partial charge in [0, 0.05) is 32.7 Å². The zero-order valence-corrected chi connectivity index (χ0v) is 23.9. The summed E-state index contributed by atoms with van der Waals surface area (Å²) in [6.07, 6.45) is 0. The van der Waals surface area contributed by atoms with Crippen LogP contribution in [0.4, 0.5) is 0 Å². The Morgan fingerprint density at radius 2 is 0.977 bits per heavy atom. The Bertz CT molecular complexity index is 2000. The molecule has 0 unspecified atom stereocenters. The molecule has 0 aliphatic carbocycles. The average molecular weight is 572 g/mol. The highest BCUT2D eigenvalue weighted by Crippen LogP contribution is 2.45. The predicted molar refractivity (Wildman–Crippen MR) is 174 cm³/mol. The van der Waals surface area contributed by atoms with Crippen molar-refractivity contribution in [3.05, 3.63) is 145 Å². The molecule has 1 aliphatic heterocycles. The van der Waals surface area contributed by atoms with Crippen LogP contribution in [0.3, 0.4) is 0 Å². The number of thioether (sulfide) groups is 1. The first-order valence-electron chi connectivity index (χ1n) is 14.2. The van der Waals surface area contributed by atoms with Crippen LogP contribution in [0.2, 0.25) is 0 Å². The van der Waals surface area contributed by atoms with Gasteiger partial charge in [-0.05, 0) is 12.1 Å². The number of hydrogen-bond acceptors (Lipinski definition) is 5. The lowest BCUT2D eigenvalue weighted by Gasteiger charge is -2.23. The largest absolute Gasteiger partial charge is 0.293 e. The molecule has 0 spiro atoms. The van der Waals surface area contributed by atoms with E-state index in [1.807, 2.05) is 66.7 Å². The van der Waals surface area contributed by atoms with Crippen molar-refractivity contribution in [1.29, 1.82) is 0 Å². The van der Waals surface area contributed by atoms with Gasteiger partial charge in [-0.1, -0.05) is 127 Å². The summed E-state index contributed by atoms with van der Waals surface area (Å²) >= 11 is 1.80. The van der Waals surface area contributed by atoms with Gasteiger partial charge in [-0.2, -0.15) is 0 Å². The van der Waals surface area contributed by atoms with E-state index in [4.69, 9.17) is 19.9 Å². The number of imidazole rings is 1. The van der Waals surface area contributed by atoms with Crippen molar-refractivity contribution in [2.75, 3.05) is 0 Å². The van der Waals surface area contributed by atoms with E-state index in [1.165, 1.54) is 4.90 Å². The fourth-order valence-corrected chi connectivity index (χ4v) is 6.58. The Labute approximate surface area is 254 Å². The van der Waals surface area contributed by atoms with E-state index in [9.17, 15) is 0 Å². The molecule has 8 rings (SSSR count). The van der Waals surface area contributed by atoms with Crippen LogP contribution in [0, 0.1) is 0 Å². The van der Waals surface area contributed by atoms with E-state index in [-0.39, 0.29) is 0 Å². The van der Waals surface area contributed by atoms with Crippen LogP contribution in [-0.4, -0.2) is 24.5 Å². The first-order chi connectivity index (χ1) is 21.3. The minimum absolute atomic E-state index is 0.631. The molecule has 3 heterocycles. The maximum absolute atomic E-state index is 5.25. The van der Waals surface area contributed by atoms with Crippen molar-refractivity contribution >= 4 is 11.8 Å². The molecule has 0 amide bonds. The number of hydrogen-bond donors (Lipinski definition) is 0. The van der Waals surface area contributed by atoms with Gasteiger partial charge in [-0.25, -0.2) is 19.9 Å². The monoisotopic (exact) mass is 571 g/mol. The summed E-state index contributed by atoms with van der Waals surface area (Å²) in [7, 11) is 0. The predicted octanol–water partition coefficient (Wildman–Crippen LogP) is 9.00. The molecule has 2 aromatic heterocycles. The van der Waals surface area contributed by atoms with Crippen molar-refractivity contribution in [3.63, 3.8) is 0 Å². The fraction of sp³-hybridized carbons (Fsp3) is 0.0270. The topological polar surface area (TPSA) is 56.5 Å². The van der Waals surface area contributed by atoms with Gasteiger partial charge in [0.2, 0.25) is 0 Å². The molecular formula is C37H25N5S. The second-order valence-electron chi connectivity index (χ2n) is 10.3. The molecule has 0 N–H and O–H groups in total. The normalized spacial score (nSPS) is 12.0. The zero-order valence-electron chi connectivity index (χ0n) is 23.1. The van der Waals surface area contributed by atoms with E-state index in [0.717, 1.165) is 56.5 Å². The minimum Gasteiger partial charge on any atom is -0.293 e. The summed E-state index contributed by atoms with van der Waals surface area (Å²) in [6.45, 7) is 0. The summed E-state index contributed by atoms with van der Waals surface area (Å²) in [4.78, 5) is 21.5. The molecule has 204 valence electrons. The Balaban J connectivity index is 1.41. The number of benzene rings is 5. The molecule has 0 bridgehead atoms. The van der Waals surface area contributed by atoms with Crippen LogP contribution >= 0.6 is 11.8 Å². The van der Waals surface area contributed by atoms with Gasteiger partial charge in [0.25, 0.3) is 0 Å².